The summed E-state index contributed by atoms with van der Waals surface area (Å²) in [6, 6.07) is 11.6. The van der Waals surface area contributed by atoms with Crippen LogP contribution in [0.4, 0.5) is 11.6 Å². The summed E-state index contributed by atoms with van der Waals surface area (Å²) in [6.07, 6.45) is 2.14. The van der Waals surface area contributed by atoms with E-state index in [4.69, 9.17) is 4.74 Å². The third kappa shape index (κ3) is 5.93. The van der Waals surface area contributed by atoms with Crippen molar-refractivity contribution >= 4 is 17.5 Å². The Kier molecular flexibility index (Phi) is 7.99. The number of amides is 1. The second-order valence-corrected chi connectivity index (χ2v) is 8.68. The fourth-order valence-electron chi connectivity index (χ4n) is 4.30. The molecule has 2 aromatic rings. The third-order valence-corrected chi connectivity index (χ3v) is 6.54. The number of piperazine rings is 2. The van der Waals surface area contributed by atoms with Crippen molar-refractivity contribution in [3.63, 3.8) is 0 Å². The van der Waals surface area contributed by atoms with Crippen molar-refractivity contribution in [1.82, 2.24) is 20.0 Å². The normalized spacial score (nSPS) is 17.3. The SMILES string of the molecule is CCCCOc1ccc(C(=O)N2CCN(c3ccc(N4CCN(CC)CC4)nn3)CC2)cc1. The van der Waals surface area contributed by atoms with Crippen molar-refractivity contribution in [2.45, 2.75) is 26.7 Å². The first-order chi connectivity index (χ1) is 16.2. The molecule has 1 aromatic carbocycles. The molecule has 0 spiro atoms. The Labute approximate surface area is 197 Å². The van der Waals surface area contributed by atoms with Gasteiger partial charge in [0, 0.05) is 57.9 Å². The molecular weight excluding hydrogens is 416 g/mol. The standard InChI is InChI=1S/C25H36N6O2/c1-3-5-20-33-22-8-6-21(7-9-22)25(32)31-18-16-30(17-19-31)24-11-10-23(26-27-24)29-14-12-28(4-2)13-15-29/h6-11H,3-5,12-20H2,1-2H3. The molecule has 3 heterocycles. The fourth-order valence-corrected chi connectivity index (χ4v) is 4.30. The van der Waals surface area contributed by atoms with Crippen LogP contribution in [0, 0.1) is 0 Å². The lowest BCUT2D eigenvalue weighted by Crippen LogP contribution is -2.49. The molecule has 33 heavy (non-hydrogen) atoms. The first-order valence-corrected chi connectivity index (χ1v) is 12.3. The van der Waals surface area contributed by atoms with Crippen LogP contribution in [0.3, 0.4) is 0 Å². The van der Waals surface area contributed by atoms with E-state index in [1.807, 2.05) is 29.2 Å². The van der Waals surface area contributed by atoms with Gasteiger partial charge in [0.05, 0.1) is 6.61 Å². The highest BCUT2D eigenvalue weighted by atomic mass is 16.5. The Morgan fingerprint density at radius 2 is 1.39 bits per heavy atom. The molecule has 2 saturated heterocycles. The molecule has 1 amide bonds. The Bertz CT molecular complexity index is 873. The summed E-state index contributed by atoms with van der Waals surface area (Å²) >= 11 is 0. The summed E-state index contributed by atoms with van der Waals surface area (Å²) < 4.78 is 5.70. The lowest BCUT2D eigenvalue weighted by atomic mass is 10.1. The molecule has 0 bridgehead atoms. The predicted octanol–water partition coefficient (Wildman–Crippen LogP) is 2.76. The minimum atomic E-state index is 0.0717. The van der Waals surface area contributed by atoms with E-state index in [1.165, 1.54) is 0 Å². The molecule has 4 rings (SSSR count). The van der Waals surface area contributed by atoms with Gasteiger partial charge in [0.25, 0.3) is 5.91 Å². The van der Waals surface area contributed by atoms with Crippen LogP contribution in [0.2, 0.25) is 0 Å². The molecule has 0 radical (unpaired) electrons. The Hall–Kier alpha value is -2.87. The molecule has 178 valence electrons. The van der Waals surface area contributed by atoms with Crippen LogP contribution in [0.25, 0.3) is 0 Å². The quantitative estimate of drug-likeness (QED) is 0.571. The second kappa shape index (κ2) is 11.3. The highest BCUT2D eigenvalue weighted by Crippen LogP contribution is 2.19. The van der Waals surface area contributed by atoms with Crippen LogP contribution in [-0.2, 0) is 0 Å². The van der Waals surface area contributed by atoms with Gasteiger partial charge in [0.15, 0.2) is 11.6 Å². The Morgan fingerprint density at radius 1 is 0.818 bits per heavy atom. The monoisotopic (exact) mass is 452 g/mol. The van der Waals surface area contributed by atoms with E-state index in [0.717, 1.165) is 76.0 Å². The molecule has 2 aliphatic rings. The number of ether oxygens (including phenoxy) is 1. The lowest BCUT2D eigenvalue weighted by molar-refractivity contribution is 0.0746. The van der Waals surface area contributed by atoms with Crippen molar-refractivity contribution in [1.29, 1.82) is 0 Å². The molecule has 0 saturated carbocycles. The molecule has 8 heteroatoms. The van der Waals surface area contributed by atoms with E-state index in [2.05, 4.69) is 50.9 Å². The zero-order chi connectivity index (χ0) is 23.0. The average molecular weight is 453 g/mol. The number of anilines is 2. The second-order valence-electron chi connectivity index (χ2n) is 8.68. The summed E-state index contributed by atoms with van der Waals surface area (Å²) in [5.74, 6) is 2.72. The van der Waals surface area contributed by atoms with E-state index < -0.39 is 0 Å². The van der Waals surface area contributed by atoms with Crippen LogP contribution in [0.1, 0.15) is 37.0 Å². The van der Waals surface area contributed by atoms with Gasteiger partial charge in [-0.15, -0.1) is 10.2 Å². The van der Waals surface area contributed by atoms with Gasteiger partial charge in [-0.1, -0.05) is 20.3 Å². The molecule has 2 fully saturated rings. The zero-order valence-corrected chi connectivity index (χ0v) is 19.9. The predicted molar refractivity (Wildman–Crippen MR) is 131 cm³/mol. The maximum atomic E-state index is 12.9. The Balaban J connectivity index is 1.26. The van der Waals surface area contributed by atoms with Crippen LogP contribution < -0.4 is 14.5 Å². The number of likely N-dealkylation sites (N-methyl/N-ethyl adjacent to an activating group) is 1. The highest BCUT2D eigenvalue weighted by molar-refractivity contribution is 5.94. The molecule has 0 atom stereocenters. The summed E-state index contributed by atoms with van der Waals surface area (Å²) in [5, 5.41) is 8.98. The number of hydrogen-bond acceptors (Lipinski definition) is 7. The molecule has 0 unspecified atom stereocenters. The van der Waals surface area contributed by atoms with Gasteiger partial charge in [0.2, 0.25) is 0 Å². The zero-order valence-electron chi connectivity index (χ0n) is 19.9. The number of nitrogens with zero attached hydrogens (tertiary/aromatic N) is 6. The van der Waals surface area contributed by atoms with Gasteiger partial charge >= 0.3 is 0 Å². The van der Waals surface area contributed by atoms with Gasteiger partial charge in [-0.2, -0.15) is 0 Å². The fraction of sp³-hybridized carbons (Fsp3) is 0.560. The molecule has 0 N–H and O–H groups in total. The average Bonchev–Trinajstić information content (AvgIpc) is 2.89. The summed E-state index contributed by atoms with van der Waals surface area (Å²) in [7, 11) is 0. The molecule has 2 aliphatic heterocycles. The number of unbranched alkanes of at least 4 members (excludes halogenated alkanes) is 1. The molecule has 1 aromatic heterocycles. The summed E-state index contributed by atoms with van der Waals surface area (Å²) in [4.78, 5) is 21.8. The maximum absolute atomic E-state index is 12.9. The Morgan fingerprint density at radius 3 is 1.91 bits per heavy atom. The molecular formula is C25H36N6O2. The number of hydrogen-bond donors (Lipinski definition) is 0. The number of rotatable bonds is 8. The van der Waals surface area contributed by atoms with E-state index in [1.54, 1.807) is 0 Å². The summed E-state index contributed by atoms with van der Waals surface area (Å²) in [5.41, 5.74) is 0.707. The smallest absolute Gasteiger partial charge is 0.253 e. The number of aromatic nitrogens is 2. The highest BCUT2D eigenvalue weighted by Gasteiger charge is 2.24. The van der Waals surface area contributed by atoms with E-state index >= 15 is 0 Å². The van der Waals surface area contributed by atoms with E-state index in [-0.39, 0.29) is 5.91 Å². The maximum Gasteiger partial charge on any atom is 0.253 e. The van der Waals surface area contributed by atoms with Crippen LogP contribution in [0.15, 0.2) is 36.4 Å². The van der Waals surface area contributed by atoms with Crippen LogP contribution >= 0.6 is 0 Å². The van der Waals surface area contributed by atoms with Crippen LogP contribution in [0.5, 0.6) is 5.75 Å². The summed E-state index contributed by atoms with van der Waals surface area (Å²) in [6.45, 7) is 13.2. The van der Waals surface area contributed by atoms with Crippen molar-refractivity contribution in [2.24, 2.45) is 0 Å². The number of carbonyl (C=O) groups is 1. The van der Waals surface area contributed by atoms with Crippen molar-refractivity contribution in [3.05, 3.63) is 42.0 Å². The molecule has 8 nitrogen and oxygen atoms in total. The van der Waals surface area contributed by atoms with E-state index in [0.29, 0.717) is 25.3 Å². The minimum Gasteiger partial charge on any atom is -0.494 e. The first kappa shape index (κ1) is 23.3. The number of benzene rings is 1. The third-order valence-electron chi connectivity index (χ3n) is 6.54. The van der Waals surface area contributed by atoms with Crippen molar-refractivity contribution in [2.75, 3.05) is 75.3 Å². The minimum absolute atomic E-state index is 0.0717. The molecule has 0 aliphatic carbocycles. The van der Waals surface area contributed by atoms with Crippen molar-refractivity contribution in [3.8, 4) is 5.75 Å². The van der Waals surface area contributed by atoms with Crippen molar-refractivity contribution < 1.29 is 9.53 Å². The van der Waals surface area contributed by atoms with Gasteiger partial charge in [0.1, 0.15) is 5.75 Å². The van der Waals surface area contributed by atoms with E-state index in [9.17, 15) is 4.79 Å². The van der Waals surface area contributed by atoms with Crippen LogP contribution in [-0.4, -0.2) is 91.4 Å². The number of carbonyl (C=O) groups excluding carboxylic acids is 1. The largest absolute Gasteiger partial charge is 0.494 e. The topological polar surface area (TPSA) is 65.0 Å². The van der Waals surface area contributed by atoms with Gasteiger partial charge in [-0.3, -0.25) is 4.79 Å². The van der Waals surface area contributed by atoms with Gasteiger partial charge in [-0.05, 0) is 49.4 Å². The van der Waals surface area contributed by atoms with Gasteiger partial charge < -0.3 is 24.3 Å². The first-order valence-electron chi connectivity index (χ1n) is 12.3. The lowest BCUT2D eigenvalue weighted by Gasteiger charge is -2.36. The van der Waals surface area contributed by atoms with Gasteiger partial charge in [-0.25, -0.2) is 0 Å².